The highest BCUT2D eigenvalue weighted by Crippen LogP contribution is 2.61. The molecule has 0 aromatic rings. The summed E-state index contributed by atoms with van der Waals surface area (Å²) in [6.45, 7) is 2.50. The number of rotatable bonds is 0. The first-order valence-electron chi connectivity index (χ1n) is 5.79. The quantitative estimate of drug-likeness (QED) is 0.458. The van der Waals surface area contributed by atoms with Gasteiger partial charge in [-0.2, -0.15) is 0 Å². The van der Waals surface area contributed by atoms with E-state index in [0.29, 0.717) is 18.9 Å². The highest BCUT2D eigenvalue weighted by atomic mass is 16.7. The number of fused-ring (bicyclic) bond motifs is 2. The van der Waals surface area contributed by atoms with Crippen LogP contribution < -0.4 is 0 Å². The molecule has 5 nitrogen and oxygen atoms in total. The van der Waals surface area contributed by atoms with Crippen LogP contribution in [0.3, 0.4) is 0 Å². The van der Waals surface area contributed by atoms with Gasteiger partial charge in [0.2, 0.25) is 5.79 Å². The third kappa shape index (κ3) is 0.836. The van der Waals surface area contributed by atoms with Crippen LogP contribution in [0.15, 0.2) is 0 Å². The van der Waals surface area contributed by atoms with Crippen molar-refractivity contribution in [2.24, 2.45) is 11.8 Å². The molecule has 16 heavy (non-hydrogen) atoms. The molecular formula is C11H14O5. The average Bonchev–Trinajstić information content (AvgIpc) is 2.85. The van der Waals surface area contributed by atoms with Crippen molar-refractivity contribution in [3.63, 3.8) is 0 Å². The van der Waals surface area contributed by atoms with Crippen molar-refractivity contribution in [1.82, 2.24) is 0 Å². The van der Waals surface area contributed by atoms with E-state index >= 15 is 0 Å². The minimum absolute atomic E-state index is 0.00477. The Balaban J connectivity index is 1.81. The van der Waals surface area contributed by atoms with Gasteiger partial charge < -0.3 is 19.3 Å². The zero-order valence-electron chi connectivity index (χ0n) is 9.01. The predicted molar refractivity (Wildman–Crippen MR) is 50.3 cm³/mol. The van der Waals surface area contributed by atoms with E-state index in [9.17, 15) is 9.90 Å². The fourth-order valence-corrected chi connectivity index (χ4v) is 3.79. The van der Waals surface area contributed by atoms with Gasteiger partial charge in [0, 0.05) is 0 Å². The number of esters is 1. The van der Waals surface area contributed by atoms with E-state index < -0.39 is 11.4 Å². The molecule has 0 aromatic carbocycles. The van der Waals surface area contributed by atoms with Crippen molar-refractivity contribution < 1.29 is 24.1 Å². The van der Waals surface area contributed by atoms with E-state index in [4.69, 9.17) is 14.2 Å². The Kier molecular flexibility index (Phi) is 1.43. The van der Waals surface area contributed by atoms with E-state index in [1.165, 1.54) is 0 Å². The lowest BCUT2D eigenvalue weighted by molar-refractivity contribution is -0.232. The van der Waals surface area contributed by atoms with Crippen LogP contribution >= 0.6 is 0 Å². The van der Waals surface area contributed by atoms with E-state index in [0.717, 1.165) is 0 Å². The SMILES string of the molecule is C[C@@H]1C[C@]23OC(=O)C[C@@]2(O)OC[C@@H]3[C@H]2O[C@H]21. The van der Waals surface area contributed by atoms with Crippen molar-refractivity contribution in [2.45, 2.75) is 43.4 Å². The molecule has 3 aliphatic heterocycles. The average molecular weight is 226 g/mol. The van der Waals surface area contributed by atoms with Gasteiger partial charge in [-0.25, -0.2) is 0 Å². The van der Waals surface area contributed by atoms with Gasteiger partial charge >= 0.3 is 5.97 Å². The lowest BCUT2D eigenvalue weighted by Gasteiger charge is -2.39. The molecule has 1 aliphatic carbocycles. The maximum Gasteiger partial charge on any atom is 0.312 e. The first-order chi connectivity index (χ1) is 7.56. The van der Waals surface area contributed by atoms with E-state index in [1.807, 2.05) is 0 Å². The molecule has 4 aliphatic rings. The largest absolute Gasteiger partial charge is 0.453 e. The molecule has 0 amide bonds. The van der Waals surface area contributed by atoms with Crippen LogP contribution in [-0.2, 0) is 19.0 Å². The van der Waals surface area contributed by atoms with Crippen LogP contribution in [0, 0.1) is 11.8 Å². The lowest BCUT2D eigenvalue weighted by atomic mass is 9.69. The summed E-state index contributed by atoms with van der Waals surface area (Å²) in [6, 6.07) is 0. The number of carbonyl (C=O) groups excluding carboxylic acids is 1. The van der Waals surface area contributed by atoms with Crippen LogP contribution in [0.2, 0.25) is 0 Å². The highest BCUT2D eigenvalue weighted by molar-refractivity contribution is 5.74. The van der Waals surface area contributed by atoms with Gasteiger partial charge in [-0.15, -0.1) is 0 Å². The fraction of sp³-hybridized carbons (Fsp3) is 0.909. The van der Waals surface area contributed by atoms with E-state index in [-0.39, 0.29) is 30.5 Å². The van der Waals surface area contributed by atoms with Crippen molar-refractivity contribution in [3.05, 3.63) is 0 Å². The maximum absolute atomic E-state index is 11.4. The summed E-state index contributed by atoms with van der Waals surface area (Å²) in [5, 5.41) is 10.4. The van der Waals surface area contributed by atoms with Gasteiger partial charge in [0.25, 0.3) is 0 Å². The number of hydrogen-bond acceptors (Lipinski definition) is 5. The summed E-state index contributed by atoms with van der Waals surface area (Å²) in [6.07, 6.45) is 0.957. The normalized spacial score (nSPS) is 62.2. The summed E-state index contributed by atoms with van der Waals surface area (Å²) in [5.41, 5.74) is -0.846. The van der Waals surface area contributed by atoms with Crippen LogP contribution in [-0.4, -0.2) is 41.3 Å². The zero-order chi connectivity index (χ0) is 11.1. The van der Waals surface area contributed by atoms with Crippen molar-refractivity contribution in [1.29, 1.82) is 0 Å². The molecule has 88 valence electrons. The third-order valence-corrected chi connectivity index (χ3v) is 4.59. The van der Waals surface area contributed by atoms with Gasteiger partial charge in [0.05, 0.1) is 24.7 Å². The van der Waals surface area contributed by atoms with E-state index in [1.54, 1.807) is 0 Å². The number of carbonyl (C=O) groups is 1. The molecule has 0 aromatic heterocycles. The standard InChI is InChI=1S/C11H14O5/c1-5-2-10-6(9-8(5)15-9)4-14-11(10,13)3-7(12)16-10/h5-6,8-9,13H,2-4H2,1H3/t5-,6-,8+,9-,10-,11-/m1/s1. The predicted octanol–water partition coefficient (Wildman–Crippen LogP) is -0.186. The van der Waals surface area contributed by atoms with Crippen molar-refractivity contribution >= 4 is 5.97 Å². The first-order valence-corrected chi connectivity index (χ1v) is 5.79. The molecule has 0 radical (unpaired) electrons. The van der Waals surface area contributed by atoms with Crippen LogP contribution in [0.25, 0.3) is 0 Å². The monoisotopic (exact) mass is 226 g/mol. The van der Waals surface area contributed by atoms with Crippen LogP contribution in [0.4, 0.5) is 0 Å². The minimum Gasteiger partial charge on any atom is -0.453 e. The molecule has 1 saturated carbocycles. The van der Waals surface area contributed by atoms with Crippen LogP contribution in [0.1, 0.15) is 19.8 Å². The Bertz CT molecular complexity index is 383. The molecule has 1 spiro atoms. The number of ether oxygens (including phenoxy) is 3. The molecule has 0 unspecified atom stereocenters. The topological polar surface area (TPSA) is 68.3 Å². The Hall–Kier alpha value is -0.650. The summed E-state index contributed by atoms with van der Waals surface area (Å²) in [4.78, 5) is 11.4. The summed E-state index contributed by atoms with van der Waals surface area (Å²) < 4.78 is 16.5. The molecule has 3 saturated heterocycles. The summed E-state index contributed by atoms with van der Waals surface area (Å²) >= 11 is 0. The van der Waals surface area contributed by atoms with Crippen molar-refractivity contribution in [3.8, 4) is 0 Å². The third-order valence-electron chi connectivity index (χ3n) is 4.59. The van der Waals surface area contributed by atoms with Crippen molar-refractivity contribution in [2.75, 3.05) is 6.61 Å². The van der Waals surface area contributed by atoms with Gasteiger partial charge in [0.1, 0.15) is 6.42 Å². The summed E-state index contributed by atoms with van der Waals surface area (Å²) in [7, 11) is 0. The molecule has 4 fully saturated rings. The number of aliphatic hydroxyl groups is 1. The van der Waals surface area contributed by atoms with Gasteiger partial charge in [0.15, 0.2) is 5.60 Å². The molecule has 3 heterocycles. The molecular weight excluding hydrogens is 212 g/mol. The van der Waals surface area contributed by atoms with E-state index in [2.05, 4.69) is 6.92 Å². The smallest absolute Gasteiger partial charge is 0.312 e. The second-order valence-electron chi connectivity index (χ2n) is 5.49. The summed E-state index contributed by atoms with van der Waals surface area (Å²) in [5.74, 6) is -1.47. The highest BCUT2D eigenvalue weighted by Gasteiger charge is 2.76. The Morgan fingerprint density at radius 2 is 2.25 bits per heavy atom. The zero-order valence-corrected chi connectivity index (χ0v) is 9.01. The molecule has 0 bridgehead atoms. The molecule has 6 atom stereocenters. The Labute approximate surface area is 92.7 Å². The minimum atomic E-state index is -1.42. The van der Waals surface area contributed by atoms with Gasteiger partial charge in [-0.05, 0) is 12.3 Å². The number of hydrogen-bond donors (Lipinski definition) is 1. The second-order valence-corrected chi connectivity index (χ2v) is 5.49. The molecule has 1 N–H and O–H groups in total. The molecule has 5 heteroatoms. The Morgan fingerprint density at radius 1 is 1.44 bits per heavy atom. The lowest BCUT2D eigenvalue weighted by Crippen LogP contribution is -2.56. The first kappa shape index (κ1) is 9.39. The number of epoxide rings is 1. The fourth-order valence-electron chi connectivity index (χ4n) is 3.79. The molecule has 4 rings (SSSR count). The maximum atomic E-state index is 11.4. The van der Waals surface area contributed by atoms with Gasteiger partial charge in [-0.3, -0.25) is 4.79 Å². The second kappa shape index (κ2) is 2.44. The Morgan fingerprint density at radius 3 is 3.06 bits per heavy atom. The van der Waals surface area contributed by atoms with Gasteiger partial charge in [-0.1, -0.05) is 6.92 Å². The van der Waals surface area contributed by atoms with Crippen LogP contribution in [0.5, 0.6) is 0 Å².